The second-order valence-electron chi connectivity index (χ2n) is 2.73. The molecular weight excluding hydrogens is 164 g/mol. The molecule has 0 fully saturated rings. The van der Waals surface area contributed by atoms with Crippen molar-refractivity contribution in [2.75, 3.05) is 0 Å². The predicted octanol–water partition coefficient (Wildman–Crippen LogP) is 2.62. The van der Waals surface area contributed by atoms with E-state index in [0.29, 0.717) is 5.76 Å². The van der Waals surface area contributed by atoms with Gasteiger partial charge in [-0.15, -0.1) is 0 Å². The van der Waals surface area contributed by atoms with Crippen LogP contribution in [0.15, 0.2) is 27.9 Å². The highest BCUT2D eigenvalue weighted by molar-refractivity contribution is 5.62. The van der Waals surface area contributed by atoms with Gasteiger partial charge in [0.15, 0.2) is 0 Å². The van der Waals surface area contributed by atoms with Crippen LogP contribution in [-0.2, 0) is 0 Å². The maximum absolute atomic E-state index is 11.0. The highest BCUT2D eigenvalue weighted by Crippen LogP contribution is 2.14. The Morgan fingerprint density at radius 2 is 2.23 bits per heavy atom. The van der Waals surface area contributed by atoms with Crippen molar-refractivity contribution in [2.24, 2.45) is 0 Å². The summed E-state index contributed by atoms with van der Waals surface area (Å²) in [6.45, 7) is 7.38. The predicted molar refractivity (Wildman–Crippen MR) is 54.5 cm³/mol. The molecule has 0 amide bonds. The van der Waals surface area contributed by atoms with E-state index in [-0.39, 0.29) is 5.63 Å². The molecule has 0 bridgehead atoms. The number of aryl methyl sites for hydroxylation is 1. The van der Waals surface area contributed by atoms with Crippen LogP contribution in [0.3, 0.4) is 0 Å². The van der Waals surface area contributed by atoms with Crippen LogP contribution in [0.25, 0.3) is 12.2 Å². The van der Waals surface area contributed by atoms with E-state index in [1.165, 1.54) is 6.07 Å². The summed E-state index contributed by atoms with van der Waals surface area (Å²) in [6, 6.07) is 1.47. The van der Waals surface area contributed by atoms with E-state index < -0.39 is 0 Å². The molecule has 2 nitrogen and oxygen atoms in total. The van der Waals surface area contributed by atoms with Crippen molar-refractivity contribution in [3.63, 3.8) is 0 Å². The first-order chi connectivity index (χ1) is 6.19. The summed E-state index contributed by atoms with van der Waals surface area (Å²) in [5.74, 6) is 0.531. The molecule has 13 heavy (non-hydrogen) atoms. The van der Waals surface area contributed by atoms with E-state index >= 15 is 0 Å². The summed E-state index contributed by atoms with van der Waals surface area (Å²) >= 11 is 0. The van der Waals surface area contributed by atoms with Crippen molar-refractivity contribution in [1.29, 1.82) is 0 Å². The van der Waals surface area contributed by atoms with E-state index in [1.54, 1.807) is 6.08 Å². The van der Waals surface area contributed by atoms with Crippen molar-refractivity contribution in [1.82, 2.24) is 0 Å². The molecule has 0 saturated carbocycles. The molecule has 0 aliphatic carbocycles. The van der Waals surface area contributed by atoms with Gasteiger partial charge in [-0.25, -0.2) is 4.79 Å². The first-order valence-electron chi connectivity index (χ1n) is 4.09. The Balaban J connectivity index is 3.46. The maximum atomic E-state index is 11.0. The lowest BCUT2D eigenvalue weighted by Crippen LogP contribution is -2.01. The summed E-state index contributed by atoms with van der Waals surface area (Å²) in [6.07, 6.45) is 5.34. The van der Waals surface area contributed by atoms with Gasteiger partial charge >= 0.3 is 5.63 Å². The molecule has 0 saturated heterocycles. The fourth-order valence-electron chi connectivity index (χ4n) is 1.17. The van der Waals surface area contributed by atoms with Gasteiger partial charge in [-0.1, -0.05) is 18.7 Å². The van der Waals surface area contributed by atoms with Crippen molar-refractivity contribution in [3.8, 4) is 0 Å². The van der Waals surface area contributed by atoms with Crippen LogP contribution in [0.5, 0.6) is 0 Å². The van der Waals surface area contributed by atoms with Gasteiger partial charge in [0.1, 0.15) is 5.76 Å². The quantitative estimate of drug-likeness (QED) is 0.693. The van der Waals surface area contributed by atoms with Crippen LogP contribution >= 0.6 is 0 Å². The monoisotopic (exact) mass is 176 g/mol. The molecule has 1 heterocycles. The first kappa shape index (κ1) is 9.52. The summed E-state index contributed by atoms with van der Waals surface area (Å²) in [7, 11) is 0. The lowest BCUT2D eigenvalue weighted by molar-refractivity contribution is 0.498. The normalized spacial score (nSPS) is 10.6. The molecule has 1 rings (SSSR count). The fraction of sp³-hybridized carbons (Fsp3) is 0.182. The third kappa shape index (κ3) is 1.96. The molecule has 0 N–H and O–H groups in total. The largest absolute Gasteiger partial charge is 0.423 e. The zero-order valence-electron chi connectivity index (χ0n) is 7.83. The molecule has 0 unspecified atom stereocenters. The molecule has 68 valence electrons. The molecule has 1 aromatic heterocycles. The Hall–Kier alpha value is -1.57. The molecule has 0 atom stereocenters. The van der Waals surface area contributed by atoms with Crippen molar-refractivity contribution >= 4 is 12.2 Å². The van der Waals surface area contributed by atoms with Crippen molar-refractivity contribution < 1.29 is 4.42 Å². The second-order valence-corrected chi connectivity index (χ2v) is 2.73. The van der Waals surface area contributed by atoms with Gasteiger partial charge in [-0.05, 0) is 25.5 Å². The topological polar surface area (TPSA) is 30.2 Å². The number of hydrogen-bond acceptors (Lipinski definition) is 2. The summed E-state index contributed by atoms with van der Waals surface area (Å²) < 4.78 is 4.97. The van der Waals surface area contributed by atoms with Gasteiger partial charge in [-0.3, -0.25) is 0 Å². The van der Waals surface area contributed by atoms with Crippen LogP contribution in [0.4, 0.5) is 0 Å². The van der Waals surface area contributed by atoms with Crippen molar-refractivity contribution in [2.45, 2.75) is 13.8 Å². The average Bonchev–Trinajstić information content (AvgIpc) is 2.09. The van der Waals surface area contributed by atoms with E-state index in [4.69, 9.17) is 4.42 Å². The van der Waals surface area contributed by atoms with Crippen LogP contribution in [0.2, 0.25) is 0 Å². The molecule has 0 aromatic carbocycles. The summed E-state index contributed by atoms with van der Waals surface area (Å²) in [5.41, 5.74) is 1.49. The fourth-order valence-corrected chi connectivity index (χ4v) is 1.17. The van der Waals surface area contributed by atoms with Crippen LogP contribution < -0.4 is 5.63 Å². The van der Waals surface area contributed by atoms with Gasteiger partial charge in [0.2, 0.25) is 0 Å². The first-order valence-corrected chi connectivity index (χ1v) is 4.09. The SMILES string of the molecule is C=Cc1oc(=O)cc(C)c1/C=C\C. The minimum absolute atomic E-state index is 0.333. The summed E-state index contributed by atoms with van der Waals surface area (Å²) in [4.78, 5) is 11.0. The Bertz CT molecular complexity index is 397. The average molecular weight is 176 g/mol. The van der Waals surface area contributed by atoms with Crippen LogP contribution in [0.1, 0.15) is 23.8 Å². The third-order valence-corrected chi connectivity index (χ3v) is 1.75. The van der Waals surface area contributed by atoms with Gasteiger partial charge < -0.3 is 4.42 Å². The summed E-state index contributed by atoms with van der Waals surface area (Å²) in [5, 5.41) is 0. The molecular formula is C11H12O2. The Morgan fingerprint density at radius 3 is 2.77 bits per heavy atom. The lowest BCUT2D eigenvalue weighted by Gasteiger charge is -2.01. The highest BCUT2D eigenvalue weighted by atomic mass is 16.4. The second kappa shape index (κ2) is 3.90. The maximum Gasteiger partial charge on any atom is 0.336 e. The molecule has 2 heteroatoms. The standard InChI is InChI=1S/C11H12O2/c1-4-6-9-8(3)7-11(12)13-10(9)5-2/h4-7H,2H2,1,3H3/b6-4-. The number of hydrogen-bond donors (Lipinski definition) is 0. The highest BCUT2D eigenvalue weighted by Gasteiger charge is 2.03. The Morgan fingerprint density at radius 1 is 1.54 bits per heavy atom. The van der Waals surface area contributed by atoms with Gasteiger partial charge in [-0.2, -0.15) is 0 Å². The molecule has 1 aromatic rings. The third-order valence-electron chi connectivity index (χ3n) is 1.75. The number of allylic oxidation sites excluding steroid dienone is 1. The zero-order chi connectivity index (χ0) is 9.84. The molecule has 0 aliphatic rings. The van der Waals surface area contributed by atoms with Gasteiger partial charge in [0.05, 0.1) is 0 Å². The van der Waals surface area contributed by atoms with E-state index in [9.17, 15) is 4.79 Å². The van der Waals surface area contributed by atoms with Crippen molar-refractivity contribution in [3.05, 3.63) is 46.0 Å². The molecule has 0 aliphatic heterocycles. The zero-order valence-corrected chi connectivity index (χ0v) is 7.83. The minimum Gasteiger partial charge on any atom is -0.423 e. The molecule has 0 spiro atoms. The van der Waals surface area contributed by atoms with Gasteiger partial charge in [0.25, 0.3) is 0 Å². The van der Waals surface area contributed by atoms with Gasteiger partial charge in [0, 0.05) is 11.6 Å². The smallest absolute Gasteiger partial charge is 0.336 e. The number of rotatable bonds is 2. The Kier molecular flexibility index (Phi) is 2.85. The lowest BCUT2D eigenvalue weighted by atomic mass is 10.1. The minimum atomic E-state index is -0.333. The Labute approximate surface area is 77.2 Å². The van der Waals surface area contributed by atoms with Crippen LogP contribution in [-0.4, -0.2) is 0 Å². The molecule has 0 radical (unpaired) electrons. The van der Waals surface area contributed by atoms with E-state index in [1.807, 2.05) is 26.0 Å². The van der Waals surface area contributed by atoms with E-state index in [2.05, 4.69) is 6.58 Å². The van der Waals surface area contributed by atoms with Crippen LogP contribution in [0, 0.1) is 6.92 Å². The van der Waals surface area contributed by atoms with E-state index in [0.717, 1.165) is 11.1 Å².